The van der Waals surface area contributed by atoms with Crippen molar-refractivity contribution in [3.05, 3.63) is 48.2 Å². The van der Waals surface area contributed by atoms with Gasteiger partial charge in [-0.25, -0.2) is 0 Å². The molecule has 0 aromatic heterocycles. The zero-order valence-corrected chi connectivity index (χ0v) is 13.5. The van der Waals surface area contributed by atoms with Crippen molar-refractivity contribution >= 4 is 11.7 Å². The van der Waals surface area contributed by atoms with Crippen LogP contribution in [-0.4, -0.2) is 17.4 Å². The van der Waals surface area contributed by atoms with Crippen LogP contribution in [0.2, 0.25) is 0 Å². The van der Waals surface area contributed by atoms with Crippen LogP contribution in [0, 0.1) is 0 Å². The number of nitrogens with zero attached hydrogens (tertiary/aromatic N) is 1. The van der Waals surface area contributed by atoms with Gasteiger partial charge in [-0.05, 0) is 18.9 Å². The summed E-state index contributed by atoms with van der Waals surface area (Å²) >= 11 is 0. The Kier molecular flexibility index (Phi) is 5.50. The van der Waals surface area contributed by atoms with E-state index in [2.05, 4.69) is 29.4 Å². The molecule has 0 saturated heterocycles. The van der Waals surface area contributed by atoms with Crippen molar-refractivity contribution in [2.45, 2.75) is 51.8 Å². The number of rotatable bonds is 6. The van der Waals surface area contributed by atoms with E-state index in [0.717, 1.165) is 17.7 Å². The fraction of sp³-hybridized carbons (Fsp3) is 0.444. The summed E-state index contributed by atoms with van der Waals surface area (Å²) in [5, 5.41) is 3.49. The zero-order valence-electron chi connectivity index (χ0n) is 13.5. The molecule has 0 unspecified atom stereocenters. The lowest BCUT2D eigenvalue weighted by Gasteiger charge is -2.38. The summed E-state index contributed by atoms with van der Waals surface area (Å²) in [5.74, 6) is -0.218. The number of carbonyl (C=O) groups is 1. The van der Waals surface area contributed by atoms with Gasteiger partial charge < -0.3 is 4.74 Å². The van der Waals surface area contributed by atoms with E-state index in [1.807, 2.05) is 31.2 Å². The van der Waals surface area contributed by atoms with Crippen LogP contribution in [0.1, 0.15) is 51.6 Å². The molecule has 0 saturated carbocycles. The number of aliphatic imine (C=N–C) groups is 1. The molecule has 0 amide bonds. The van der Waals surface area contributed by atoms with Crippen LogP contribution in [0.25, 0.3) is 0 Å². The molecule has 0 bridgehead atoms. The Balaban J connectivity index is 2.27. The molecule has 0 aliphatic carbocycles. The van der Waals surface area contributed by atoms with Gasteiger partial charge in [-0.15, -0.1) is 0 Å². The molecule has 1 aromatic carbocycles. The van der Waals surface area contributed by atoms with E-state index in [1.54, 1.807) is 13.1 Å². The van der Waals surface area contributed by atoms with Crippen molar-refractivity contribution < 1.29 is 9.53 Å². The quantitative estimate of drug-likeness (QED) is 0.643. The molecule has 118 valence electrons. The van der Waals surface area contributed by atoms with Crippen molar-refractivity contribution in [1.29, 1.82) is 0 Å². The monoisotopic (exact) mass is 300 g/mol. The first-order valence-electron chi connectivity index (χ1n) is 7.88. The zero-order chi connectivity index (χ0) is 16.0. The molecule has 0 fully saturated rings. The van der Waals surface area contributed by atoms with Crippen LogP contribution in [-0.2, 0) is 9.53 Å². The average Bonchev–Trinajstić information content (AvgIpc) is 2.55. The lowest BCUT2D eigenvalue weighted by molar-refractivity contribution is -0.156. The van der Waals surface area contributed by atoms with E-state index >= 15 is 0 Å². The third-order valence-electron chi connectivity index (χ3n) is 3.87. The van der Waals surface area contributed by atoms with Gasteiger partial charge in [0.05, 0.1) is 5.71 Å². The topological polar surface area (TPSA) is 50.7 Å². The van der Waals surface area contributed by atoms with E-state index in [-0.39, 0.29) is 12.0 Å². The summed E-state index contributed by atoms with van der Waals surface area (Å²) in [6, 6.07) is 10.2. The van der Waals surface area contributed by atoms with Crippen LogP contribution < -0.4 is 5.32 Å². The van der Waals surface area contributed by atoms with Crippen molar-refractivity contribution in [3.63, 3.8) is 0 Å². The van der Waals surface area contributed by atoms with Gasteiger partial charge in [-0.2, -0.15) is 0 Å². The van der Waals surface area contributed by atoms with Crippen molar-refractivity contribution in [2.75, 3.05) is 0 Å². The second kappa shape index (κ2) is 7.36. The Morgan fingerprint density at radius 3 is 2.73 bits per heavy atom. The maximum atomic E-state index is 11.9. The molecule has 2 rings (SSSR count). The summed E-state index contributed by atoms with van der Waals surface area (Å²) in [4.78, 5) is 16.4. The van der Waals surface area contributed by atoms with Crippen molar-refractivity contribution in [1.82, 2.24) is 5.32 Å². The predicted octanol–water partition coefficient (Wildman–Crippen LogP) is 3.76. The van der Waals surface area contributed by atoms with Crippen LogP contribution in [0.4, 0.5) is 0 Å². The summed E-state index contributed by atoms with van der Waals surface area (Å²) in [7, 11) is 0. The van der Waals surface area contributed by atoms with E-state index < -0.39 is 5.72 Å². The smallest absolute Gasteiger partial charge is 0.307 e. The van der Waals surface area contributed by atoms with Crippen LogP contribution in [0.15, 0.2) is 47.6 Å². The summed E-state index contributed by atoms with van der Waals surface area (Å²) < 4.78 is 5.79. The molecule has 1 aliphatic rings. The third-order valence-corrected chi connectivity index (χ3v) is 3.87. The van der Waals surface area contributed by atoms with Crippen molar-refractivity contribution in [2.24, 2.45) is 4.99 Å². The second-order valence-electron chi connectivity index (χ2n) is 5.45. The standard InChI is InChI=1S/C18H24N2O2/c1-4-16-18(12-9-13-19-16,22-17(21)5-2)20-14(3)15-10-7-6-8-11-15/h6-11,13-14,20H,4-5,12H2,1-3H3/t14-,18+/m1/s1. The van der Waals surface area contributed by atoms with Gasteiger partial charge >= 0.3 is 5.97 Å². The largest absolute Gasteiger partial charge is 0.438 e. The third kappa shape index (κ3) is 3.63. The van der Waals surface area contributed by atoms with Gasteiger partial charge in [0.1, 0.15) is 0 Å². The van der Waals surface area contributed by atoms with E-state index in [0.29, 0.717) is 12.8 Å². The number of benzene rings is 1. The molecule has 1 aliphatic heterocycles. The number of hydrogen-bond acceptors (Lipinski definition) is 4. The van der Waals surface area contributed by atoms with Gasteiger partial charge in [0, 0.05) is 25.1 Å². The molecule has 22 heavy (non-hydrogen) atoms. The first kappa shape index (κ1) is 16.4. The molecular formula is C18H24N2O2. The Labute approximate surface area is 132 Å². The lowest BCUT2D eigenvalue weighted by Crippen LogP contribution is -2.56. The summed E-state index contributed by atoms with van der Waals surface area (Å²) in [5.41, 5.74) is 1.17. The SMILES string of the molecule is CCC(=O)O[C@@]1(N[C@H](C)c2ccccc2)CC=CN=C1CC. The highest BCUT2D eigenvalue weighted by Gasteiger charge is 2.40. The Hall–Kier alpha value is -1.94. The molecule has 1 N–H and O–H groups in total. The number of ether oxygens (including phenoxy) is 1. The minimum atomic E-state index is -0.841. The summed E-state index contributed by atoms with van der Waals surface area (Å²) in [6.45, 7) is 5.90. The summed E-state index contributed by atoms with van der Waals surface area (Å²) in [6.07, 6.45) is 5.40. The number of hydrogen-bond donors (Lipinski definition) is 1. The first-order valence-corrected chi connectivity index (χ1v) is 7.88. The molecule has 0 spiro atoms. The molecule has 1 aromatic rings. The highest BCUT2D eigenvalue weighted by atomic mass is 16.6. The maximum absolute atomic E-state index is 11.9. The van der Waals surface area contributed by atoms with Gasteiger partial charge in [-0.1, -0.05) is 50.3 Å². The van der Waals surface area contributed by atoms with Crippen LogP contribution in [0.5, 0.6) is 0 Å². The normalized spacial score (nSPS) is 22.0. The maximum Gasteiger partial charge on any atom is 0.307 e. The minimum absolute atomic E-state index is 0.0501. The number of nitrogens with one attached hydrogen (secondary N) is 1. The van der Waals surface area contributed by atoms with Gasteiger partial charge in [0.2, 0.25) is 5.72 Å². The Bertz CT molecular complexity index is 566. The van der Waals surface area contributed by atoms with E-state index in [4.69, 9.17) is 4.74 Å². The fourth-order valence-corrected chi connectivity index (χ4v) is 2.67. The lowest BCUT2D eigenvalue weighted by atomic mass is 9.96. The van der Waals surface area contributed by atoms with E-state index in [1.165, 1.54) is 0 Å². The Morgan fingerprint density at radius 1 is 1.36 bits per heavy atom. The predicted molar refractivity (Wildman–Crippen MR) is 88.6 cm³/mol. The minimum Gasteiger partial charge on any atom is -0.438 e. The van der Waals surface area contributed by atoms with Gasteiger partial charge in [0.15, 0.2) is 0 Å². The van der Waals surface area contributed by atoms with Gasteiger partial charge in [-0.3, -0.25) is 15.1 Å². The molecule has 0 radical (unpaired) electrons. The molecule has 4 nitrogen and oxygen atoms in total. The highest BCUT2D eigenvalue weighted by Crippen LogP contribution is 2.27. The number of carbonyl (C=O) groups excluding carboxylic acids is 1. The average molecular weight is 300 g/mol. The van der Waals surface area contributed by atoms with Gasteiger partial charge in [0.25, 0.3) is 0 Å². The second-order valence-corrected chi connectivity index (χ2v) is 5.45. The molecule has 4 heteroatoms. The van der Waals surface area contributed by atoms with Crippen LogP contribution in [0.3, 0.4) is 0 Å². The Morgan fingerprint density at radius 2 is 2.09 bits per heavy atom. The molecule has 1 heterocycles. The first-order chi connectivity index (χ1) is 10.6. The molecular weight excluding hydrogens is 276 g/mol. The number of esters is 1. The highest BCUT2D eigenvalue weighted by molar-refractivity contribution is 5.95. The fourth-order valence-electron chi connectivity index (χ4n) is 2.67. The van der Waals surface area contributed by atoms with Crippen molar-refractivity contribution in [3.8, 4) is 0 Å². The van der Waals surface area contributed by atoms with Crippen LogP contribution >= 0.6 is 0 Å². The van der Waals surface area contributed by atoms with E-state index in [9.17, 15) is 4.79 Å². The molecule has 2 atom stereocenters.